The fourth-order valence-electron chi connectivity index (χ4n) is 1.69. The fourth-order valence-corrected chi connectivity index (χ4v) is 1.69. The molecule has 0 amide bonds. The van der Waals surface area contributed by atoms with Gasteiger partial charge in [0.2, 0.25) is 5.88 Å². The summed E-state index contributed by atoms with van der Waals surface area (Å²) in [5.41, 5.74) is 2.16. The molecule has 0 radical (unpaired) electrons. The molecule has 1 aromatic carbocycles. The first-order chi connectivity index (χ1) is 9.28. The number of hydrogen-bond donors (Lipinski definition) is 0. The molecule has 0 aliphatic rings. The topological polar surface area (TPSA) is 55.1 Å². The van der Waals surface area contributed by atoms with Crippen LogP contribution in [0.2, 0.25) is 0 Å². The van der Waals surface area contributed by atoms with Crippen molar-refractivity contribution >= 4 is 0 Å². The smallest absolute Gasteiger partial charge is 0.232 e. The number of ether oxygens (including phenoxy) is 2. The second kappa shape index (κ2) is 5.87. The number of nitrogens with zero attached hydrogens (tertiary/aromatic N) is 2. The number of hydrogen-bond acceptors (Lipinski definition) is 4. The van der Waals surface area contributed by atoms with E-state index in [2.05, 4.69) is 11.1 Å². The molecular weight excluding hydrogens is 240 g/mol. The van der Waals surface area contributed by atoms with Crippen LogP contribution in [-0.4, -0.2) is 18.7 Å². The van der Waals surface area contributed by atoms with Gasteiger partial charge in [0.05, 0.1) is 19.4 Å². The summed E-state index contributed by atoms with van der Waals surface area (Å²) >= 11 is 0. The molecule has 0 bridgehead atoms. The van der Waals surface area contributed by atoms with E-state index in [1.54, 1.807) is 13.2 Å². The van der Waals surface area contributed by atoms with Crippen LogP contribution in [-0.2, 0) is 0 Å². The Morgan fingerprint density at radius 1 is 1.16 bits per heavy atom. The molecule has 2 rings (SSSR count). The number of aromatic nitrogens is 1. The van der Waals surface area contributed by atoms with Crippen molar-refractivity contribution in [1.29, 1.82) is 5.26 Å². The van der Waals surface area contributed by atoms with Crippen LogP contribution >= 0.6 is 0 Å². The van der Waals surface area contributed by atoms with E-state index in [1.807, 2.05) is 37.3 Å². The van der Waals surface area contributed by atoms with Crippen LogP contribution in [0, 0.1) is 11.3 Å². The third-order valence-electron chi connectivity index (χ3n) is 2.65. The summed E-state index contributed by atoms with van der Waals surface area (Å²) in [6.07, 6.45) is 0. The Morgan fingerprint density at radius 3 is 2.47 bits per heavy atom. The molecule has 96 valence electrons. The maximum atomic E-state index is 8.99. The maximum absolute atomic E-state index is 8.99. The molecule has 4 nitrogen and oxygen atoms in total. The van der Waals surface area contributed by atoms with E-state index in [4.69, 9.17) is 14.7 Å². The van der Waals surface area contributed by atoms with Gasteiger partial charge in [-0.1, -0.05) is 0 Å². The van der Waals surface area contributed by atoms with Gasteiger partial charge in [0.15, 0.2) is 0 Å². The maximum Gasteiger partial charge on any atom is 0.232 e. The van der Waals surface area contributed by atoms with E-state index in [9.17, 15) is 0 Å². The lowest BCUT2D eigenvalue weighted by atomic mass is 10.1. The molecule has 2 aromatic rings. The monoisotopic (exact) mass is 254 g/mol. The van der Waals surface area contributed by atoms with E-state index in [0.29, 0.717) is 18.1 Å². The van der Waals surface area contributed by atoms with Crippen molar-refractivity contribution in [2.75, 3.05) is 13.7 Å². The van der Waals surface area contributed by atoms with Crippen molar-refractivity contribution in [3.63, 3.8) is 0 Å². The highest BCUT2D eigenvalue weighted by Crippen LogP contribution is 2.24. The van der Waals surface area contributed by atoms with Crippen LogP contribution in [0.25, 0.3) is 11.3 Å². The van der Waals surface area contributed by atoms with Gasteiger partial charge in [-0.2, -0.15) is 5.26 Å². The van der Waals surface area contributed by atoms with Crippen LogP contribution in [0.3, 0.4) is 0 Å². The van der Waals surface area contributed by atoms with Gasteiger partial charge in [0.1, 0.15) is 17.4 Å². The van der Waals surface area contributed by atoms with Crippen molar-refractivity contribution in [1.82, 2.24) is 4.98 Å². The lowest BCUT2D eigenvalue weighted by Gasteiger charge is -2.07. The average Bonchev–Trinajstić information content (AvgIpc) is 2.47. The molecule has 0 saturated carbocycles. The Hall–Kier alpha value is -2.54. The molecule has 0 spiro atoms. The second-order valence-corrected chi connectivity index (χ2v) is 3.82. The lowest BCUT2D eigenvalue weighted by Crippen LogP contribution is -1.98. The summed E-state index contributed by atoms with van der Waals surface area (Å²) in [5.74, 6) is 1.17. The molecule has 19 heavy (non-hydrogen) atoms. The third-order valence-corrected chi connectivity index (χ3v) is 2.65. The number of rotatable bonds is 4. The predicted octanol–water partition coefficient (Wildman–Crippen LogP) is 3.03. The molecule has 0 saturated heterocycles. The minimum absolute atomic E-state index is 0.373. The molecule has 0 N–H and O–H groups in total. The van der Waals surface area contributed by atoms with Gasteiger partial charge in [0, 0.05) is 5.56 Å². The first-order valence-corrected chi connectivity index (χ1v) is 5.97. The summed E-state index contributed by atoms with van der Waals surface area (Å²) in [7, 11) is 1.63. The molecule has 0 unspecified atom stereocenters. The molecule has 0 aliphatic heterocycles. The van der Waals surface area contributed by atoms with Gasteiger partial charge >= 0.3 is 0 Å². The number of methoxy groups -OCH3 is 1. The highest BCUT2D eigenvalue weighted by molar-refractivity contribution is 5.62. The van der Waals surface area contributed by atoms with Crippen LogP contribution in [0.15, 0.2) is 36.4 Å². The Labute approximate surface area is 112 Å². The lowest BCUT2D eigenvalue weighted by molar-refractivity contribution is 0.326. The number of nitriles is 1. The summed E-state index contributed by atoms with van der Waals surface area (Å²) < 4.78 is 10.5. The standard InChI is InChI=1S/C15H14N2O2/c1-3-19-15-12(10-16)6-9-14(17-15)11-4-7-13(18-2)8-5-11/h4-9H,3H2,1-2H3. The van der Waals surface area contributed by atoms with Gasteiger partial charge in [-0.05, 0) is 43.3 Å². The Morgan fingerprint density at radius 2 is 1.89 bits per heavy atom. The summed E-state index contributed by atoms with van der Waals surface area (Å²) in [4.78, 5) is 4.37. The Bertz CT molecular complexity index is 601. The Kier molecular flexibility index (Phi) is 3.99. The van der Waals surface area contributed by atoms with Crippen molar-refractivity contribution in [3.8, 4) is 29.0 Å². The van der Waals surface area contributed by atoms with Crippen molar-refractivity contribution in [3.05, 3.63) is 42.0 Å². The number of benzene rings is 1. The first kappa shape index (κ1) is 12.9. The predicted molar refractivity (Wildman–Crippen MR) is 72.1 cm³/mol. The zero-order valence-electron chi connectivity index (χ0n) is 10.9. The van der Waals surface area contributed by atoms with Crippen molar-refractivity contribution < 1.29 is 9.47 Å². The zero-order chi connectivity index (χ0) is 13.7. The molecule has 0 fully saturated rings. The van der Waals surface area contributed by atoms with Crippen molar-refractivity contribution in [2.24, 2.45) is 0 Å². The van der Waals surface area contributed by atoms with Gasteiger partial charge in [-0.25, -0.2) is 4.98 Å². The molecule has 4 heteroatoms. The number of pyridine rings is 1. The second-order valence-electron chi connectivity index (χ2n) is 3.82. The van der Waals surface area contributed by atoms with E-state index >= 15 is 0 Å². The zero-order valence-corrected chi connectivity index (χ0v) is 10.9. The average molecular weight is 254 g/mol. The first-order valence-electron chi connectivity index (χ1n) is 5.97. The largest absolute Gasteiger partial charge is 0.497 e. The SMILES string of the molecule is CCOc1nc(-c2ccc(OC)cc2)ccc1C#N. The van der Waals surface area contributed by atoms with Gasteiger partial charge in [-0.15, -0.1) is 0 Å². The minimum Gasteiger partial charge on any atom is -0.497 e. The van der Waals surface area contributed by atoms with Crippen LogP contribution in [0.5, 0.6) is 11.6 Å². The summed E-state index contributed by atoms with van der Waals surface area (Å²) in [5, 5.41) is 8.99. The van der Waals surface area contributed by atoms with Crippen LogP contribution < -0.4 is 9.47 Å². The molecular formula is C15H14N2O2. The molecule has 0 aliphatic carbocycles. The normalized spacial score (nSPS) is 9.74. The van der Waals surface area contributed by atoms with E-state index in [1.165, 1.54) is 0 Å². The van der Waals surface area contributed by atoms with E-state index in [-0.39, 0.29) is 0 Å². The quantitative estimate of drug-likeness (QED) is 0.841. The minimum atomic E-state index is 0.373. The Balaban J connectivity index is 2.39. The highest BCUT2D eigenvalue weighted by Gasteiger charge is 2.08. The molecule has 1 heterocycles. The van der Waals surface area contributed by atoms with E-state index in [0.717, 1.165) is 17.0 Å². The molecule has 0 atom stereocenters. The van der Waals surface area contributed by atoms with Crippen LogP contribution in [0.1, 0.15) is 12.5 Å². The van der Waals surface area contributed by atoms with Gasteiger partial charge in [-0.3, -0.25) is 0 Å². The van der Waals surface area contributed by atoms with Crippen LogP contribution in [0.4, 0.5) is 0 Å². The van der Waals surface area contributed by atoms with E-state index < -0.39 is 0 Å². The fraction of sp³-hybridized carbons (Fsp3) is 0.200. The van der Waals surface area contributed by atoms with Gasteiger partial charge in [0.25, 0.3) is 0 Å². The summed E-state index contributed by atoms with van der Waals surface area (Å²) in [6, 6.07) is 13.2. The van der Waals surface area contributed by atoms with Gasteiger partial charge < -0.3 is 9.47 Å². The third kappa shape index (κ3) is 2.83. The molecule has 1 aromatic heterocycles. The van der Waals surface area contributed by atoms with Crippen molar-refractivity contribution in [2.45, 2.75) is 6.92 Å². The highest BCUT2D eigenvalue weighted by atomic mass is 16.5. The summed E-state index contributed by atoms with van der Waals surface area (Å²) in [6.45, 7) is 2.34.